The van der Waals surface area contributed by atoms with E-state index in [0.717, 1.165) is 32.7 Å². The highest BCUT2D eigenvalue weighted by Crippen LogP contribution is 2.18. The first-order chi connectivity index (χ1) is 8.29. The standard InChI is InChI=1S/C13H24N2O2/c1-14-7-11-3-2-5-15(8-11)9-13(16)12-4-6-17-10-12/h11-12,14H,2-10H2,1H3. The maximum atomic E-state index is 12.0. The Morgan fingerprint density at radius 1 is 1.47 bits per heavy atom. The number of ether oxygens (including phenoxy) is 1. The molecular weight excluding hydrogens is 216 g/mol. The third-order valence-electron chi connectivity index (χ3n) is 3.86. The topological polar surface area (TPSA) is 41.6 Å². The van der Waals surface area contributed by atoms with Gasteiger partial charge in [-0.05, 0) is 45.3 Å². The van der Waals surface area contributed by atoms with Crippen LogP contribution in [0.2, 0.25) is 0 Å². The van der Waals surface area contributed by atoms with Crippen LogP contribution in [0, 0.1) is 11.8 Å². The monoisotopic (exact) mass is 240 g/mol. The summed E-state index contributed by atoms with van der Waals surface area (Å²) in [5.74, 6) is 1.26. The lowest BCUT2D eigenvalue weighted by Gasteiger charge is -2.32. The first-order valence-corrected chi connectivity index (χ1v) is 6.77. The molecule has 98 valence electrons. The molecule has 0 aromatic heterocycles. The zero-order valence-corrected chi connectivity index (χ0v) is 10.8. The van der Waals surface area contributed by atoms with Crippen LogP contribution in [0.15, 0.2) is 0 Å². The molecule has 1 N–H and O–H groups in total. The molecule has 2 rings (SSSR count). The maximum absolute atomic E-state index is 12.0. The number of hydrogen-bond acceptors (Lipinski definition) is 4. The molecule has 0 amide bonds. The van der Waals surface area contributed by atoms with Gasteiger partial charge in [-0.1, -0.05) is 0 Å². The number of ketones is 1. The number of hydrogen-bond donors (Lipinski definition) is 1. The molecule has 0 radical (unpaired) electrons. The number of carbonyl (C=O) groups is 1. The summed E-state index contributed by atoms with van der Waals surface area (Å²) in [5, 5.41) is 3.23. The Morgan fingerprint density at radius 3 is 3.06 bits per heavy atom. The van der Waals surface area contributed by atoms with E-state index in [9.17, 15) is 4.79 Å². The fourth-order valence-electron chi connectivity index (χ4n) is 2.89. The molecule has 2 saturated heterocycles. The van der Waals surface area contributed by atoms with Gasteiger partial charge in [0.05, 0.1) is 13.2 Å². The van der Waals surface area contributed by atoms with Gasteiger partial charge in [-0.15, -0.1) is 0 Å². The van der Waals surface area contributed by atoms with Crippen LogP contribution in [0.4, 0.5) is 0 Å². The van der Waals surface area contributed by atoms with Gasteiger partial charge in [-0.25, -0.2) is 0 Å². The molecule has 0 aromatic carbocycles. The van der Waals surface area contributed by atoms with E-state index < -0.39 is 0 Å². The van der Waals surface area contributed by atoms with E-state index in [1.165, 1.54) is 12.8 Å². The highest BCUT2D eigenvalue weighted by atomic mass is 16.5. The highest BCUT2D eigenvalue weighted by Gasteiger charge is 2.27. The maximum Gasteiger partial charge on any atom is 0.152 e. The van der Waals surface area contributed by atoms with Crippen LogP contribution in [0.3, 0.4) is 0 Å². The van der Waals surface area contributed by atoms with Gasteiger partial charge in [0.15, 0.2) is 5.78 Å². The van der Waals surface area contributed by atoms with E-state index in [2.05, 4.69) is 10.2 Å². The molecule has 2 heterocycles. The Balaban J connectivity index is 1.75. The van der Waals surface area contributed by atoms with Crippen LogP contribution in [0.5, 0.6) is 0 Å². The van der Waals surface area contributed by atoms with Crippen molar-refractivity contribution in [3.63, 3.8) is 0 Å². The smallest absolute Gasteiger partial charge is 0.152 e. The summed E-state index contributed by atoms with van der Waals surface area (Å²) < 4.78 is 5.28. The van der Waals surface area contributed by atoms with Crippen LogP contribution in [0.25, 0.3) is 0 Å². The molecule has 0 aromatic rings. The molecule has 0 aliphatic carbocycles. The summed E-state index contributed by atoms with van der Waals surface area (Å²) >= 11 is 0. The molecule has 2 atom stereocenters. The van der Waals surface area contributed by atoms with Gasteiger partial charge in [0.2, 0.25) is 0 Å². The lowest BCUT2D eigenvalue weighted by atomic mass is 9.96. The highest BCUT2D eigenvalue weighted by molar-refractivity contribution is 5.83. The summed E-state index contributed by atoms with van der Waals surface area (Å²) in [6.45, 7) is 5.26. The number of nitrogens with one attached hydrogen (secondary N) is 1. The van der Waals surface area contributed by atoms with Crippen molar-refractivity contribution in [2.24, 2.45) is 11.8 Å². The normalized spacial score (nSPS) is 30.6. The average Bonchev–Trinajstić information content (AvgIpc) is 2.83. The van der Waals surface area contributed by atoms with Crippen LogP contribution in [-0.2, 0) is 9.53 Å². The minimum absolute atomic E-state index is 0.166. The number of carbonyl (C=O) groups excluding carboxylic acids is 1. The molecule has 2 unspecified atom stereocenters. The molecule has 4 nitrogen and oxygen atoms in total. The van der Waals surface area contributed by atoms with Crippen LogP contribution < -0.4 is 5.32 Å². The zero-order chi connectivity index (χ0) is 12.1. The number of Topliss-reactive ketones (excluding diaryl/α,β-unsaturated/α-hetero) is 1. The quantitative estimate of drug-likeness (QED) is 0.761. The number of rotatable bonds is 5. The van der Waals surface area contributed by atoms with Crippen LogP contribution >= 0.6 is 0 Å². The van der Waals surface area contributed by atoms with Crippen molar-refractivity contribution in [2.75, 3.05) is 46.4 Å². The number of piperidine rings is 1. The third-order valence-corrected chi connectivity index (χ3v) is 3.86. The van der Waals surface area contributed by atoms with Gasteiger partial charge >= 0.3 is 0 Å². The van der Waals surface area contributed by atoms with Gasteiger partial charge in [0, 0.05) is 19.1 Å². The molecule has 2 fully saturated rings. The minimum atomic E-state index is 0.166. The fraction of sp³-hybridized carbons (Fsp3) is 0.923. The summed E-state index contributed by atoms with van der Waals surface area (Å²) in [5.41, 5.74) is 0. The van der Waals surface area contributed by atoms with Crippen molar-refractivity contribution in [3.05, 3.63) is 0 Å². The average molecular weight is 240 g/mol. The van der Waals surface area contributed by atoms with Gasteiger partial charge in [-0.3, -0.25) is 9.69 Å². The van der Waals surface area contributed by atoms with Gasteiger partial charge in [-0.2, -0.15) is 0 Å². The van der Waals surface area contributed by atoms with Crippen molar-refractivity contribution in [2.45, 2.75) is 19.3 Å². The Hall–Kier alpha value is -0.450. The summed E-state index contributed by atoms with van der Waals surface area (Å²) in [6.07, 6.45) is 3.44. The number of likely N-dealkylation sites (tertiary alicyclic amines) is 1. The zero-order valence-electron chi connectivity index (χ0n) is 10.8. The second kappa shape index (κ2) is 6.47. The predicted octanol–water partition coefficient (Wildman–Crippen LogP) is 0.523. The van der Waals surface area contributed by atoms with E-state index in [1.54, 1.807) is 0 Å². The van der Waals surface area contributed by atoms with Crippen LogP contribution in [-0.4, -0.2) is 57.1 Å². The van der Waals surface area contributed by atoms with Gasteiger partial charge < -0.3 is 10.1 Å². The Kier molecular flexibility index (Phi) is 4.95. The SMILES string of the molecule is CNCC1CCCN(CC(=O)C2CCOC2)C1. The minimum Gasteiger partial charge on any atom is -0.381 e. The van der Waals surface area contributed by atoms with Crippen molar-refractivity contribution in [1.82, 2.24) is 10.2 Å². The van der Waals surface area contributed by atoms with Crippen molar-refractivity contribution in [1.29, 1.82) is 0 Å². The van der Waals surface area contributed by atoms with Crippen molar-refractivity contribution >= 4 is 5.78 Å². The molecular formula is C13H24N2O2. The largest absolute Gasteiger partial charge is 0.381 e. The van der Waals surface area contributed by atoms with Crippen LogP contribution in [0.1, 0.15) is 19.3 Å². The Morgan fingerprint density at radius 2 is 2.35 bits per heavy atom. The predicted molar refractivity (Wildman–Crippen MR) is 67.0 cm³/mol. The van der Waals surface area contributed by atoms with Crippen molar-refractivity contribution in [3.8, 4) is 0 Å². The Bertz CT molecular complexity index is 250. The fourth-order valence-corrected chi connectivity index (χ4v) is 2.89. The van der Waals surface area contributed by atoms with E-state index in [-0.39, 0.29) is 5.92 Å². The lowest BCUT2D eigenvalue weighted by molar-refractivity contribution is -0.124. The summed E-state index contributed by atoms with van der Waals surface area (Å²) in [6, 6.07) is 0. The van der Waals surface area contributed by atoms with Gasteiger partial charge in [0.1, 0.15) is 0 Å². The third kappa shape index (κ3) is 3.76. The summed E-state index contributed by atoms with van der Waals surface area (Å²) in [7, 11) is 2.00. The summed E-state index contributed by atoms with van der Waals surface area (Å²) in [4.78, 5) is 14.4. The van der Waals surface area contributed by atoms with E-state index >= 15 is 0 Å². The molecule has 2 aliphatic rings. The molecule has 2 aliphatic heterocycles. The lowest BCUT2D eigenvalue weighted by Crippen LogP contribution is -2.42. The van der Waals surface area contributed by atoms with E-state index in [1.807, 2.05) is 7.05 Å². The molecule has 17 heavy (non-hydrogen) atoms. The van der Waals surface area contributed by atoms with E-state index in [0.29, 0.717) is 24.9 Å². The second-order valence-electron chi connectivity index (χ2n) is 5.33. The first kappa shape index (κ1) is 13.0. The first-order valence-electron chi connectivity index (χ1n) is 6.77. The molecule has 0 saturated carbocycles. The Labute approximate surface area is 104 Å². The number of nitrogens with zero attached hydrogens (tertiary/aromatic N) is 1. The van der Waals surface area contributed by atoms with Gasteiger partial charge in [0.25, 0.3) is 0 Å². The van der Waals surface area contributed by atoms with Crippen molar-refractivity contribution < 1.29 is 9.53 Å². The molecule has 0 spiro atoms. The molecule has 0 bridgehead atoms. The molecule has 4 heteroatoms. The van der Waals surface area contributed by atoms with E-state index in [4.69, 9.17) is 4.74 Å². The second-order valence-corrected chi connectivity index (χ2v) is 5.33.